The van der Waals surface area contributed by atoms with Gasteiger partial charge in [0.15, 0.2) is 5.84 Å². The van der Waals surface area contributed by atoms with E-state index in [2.05, 4.69) is 5.16 Å². The average molecular weight is 295 g/mol. The van der Waals surface area contributed by atoms with Crippen LogP contribution in [0.15, 0.2) is 23.4 Å². The summed E-state index contributed by atoms with van der Waals surface area (Å²) in [5.41, 5.74) is 5.89. The number of oxime groups is 1. The number of benzene rings is 1. The molecule has 0 heterocycles. The van der Waals surface area contributed by atoms with E-state index in [0.717, 1.165) is 0 Å². The normalized spacial score (nSPS) is 11.4. The number of amidine groups is 1. The number of hydrogen-bond acceptors (Lipinski definition) is 5. The van der Waals surface area contributed by atoms with Crippen molar-refractivity contribution in [1.82, 2.24) is 4.90 Å². The maximum atomic E-state index is 12.6. The zero-order valence-electron chi connectivity index (χ0n) is 12.7. The summed E-state index contributed by atoms with van der Waals surface area (Å²) in [7, 11) is 3.02. The predicted molar refractivity (Wildman–Crippen MR) is 79.1 cm³/mol. The average Bonchev–Trinajstić information content (AvgIpc) is 2.50. The highest BCUT2D eigenvalue weighted by molar-refractivity contribution is 5.99. The van der Waals surface area contributed by atoms with E-state index in [-0.39, 0.29) is 24.3 Å². The smallest absolute Gasteiger partial charge is 0.258 e. The second-order valence-corrected chi connectivity index (χ2v) is 4.68. The number of carbonyl (C=O) groups excluding carboxylic acids is 1. The van der Waals surface area contributed by atoms with E-state index in [1.54, 1.807) is 18.2 Å². The van der Waals surface area contributed by atoms with E-state index in [9.17, 15) is 4.79 Å². The Morgan fingerprint density at radius 3 is 2.52 bits per heavy atom. The quantitative estimate of drug-likeness (QED) is 0.357. The van der Waals surface area contributed by atoms with Gasteiger partial charge in [0.25, 0.3) is 5.91 Å². The van der Waals surface area contributed by atoms with Gasteiger partial charge in [-0.15, -0.1) is 0 Å². The maximum absolute atomic E-state index is 12.6. The zero-order valence-corrected chi connectivity index (χ0v) is 12.7. The summed E-state index contributed by atoms with van der Waals surface area (Å²) in [5, 5.41) is 11.6. The third-order valence-electron chi connectivity index (χ3n) is 2.98. The minimum atomic E-state index is -0.267. The van der Waals surface area contributed by atoms with Crippen molar-refractivity contribution in [3.05, 3.63) is 23.8 Å². The molecule has 0 spiro atoms. The molecule has 116 valence electrons. The van der Waals surface area contributed by atoms with E-state index in [4.69, 9.17) is 20.4 Å². The number of amides is 1. The van der Waals surface area contributed by atoms with Crippen molar-refractivity contribution >= 4 is 11.7 Å². The minimum Gasteiger partial charge on any atom is -0.497 e. The molecule has 3 N–H and O–H groups in total. The van der Waals surface area contributed by atoms with Gasteiger partial charge in [-0.1, -0.05) is 5.16 Å². The van der Waals surface area contributed by atoms with E-state index in [1.165, 1.54) is 19.1 Å². The number of rotatable bonds is 6. The summed E-state index contributed by atoms with van der Waals surface area (Å²) >= 11 is 0. The van der Waals surface area contributed by atoms with Crippen LogP contribution in [0.2, 0.25) is 0 Å². The van der Waals surface area contributed by atoms with Crippen molar-refractivity contribution in [3.63, 3.8) is 0 Å². The van der Waals surface area contributed by atoms with Gasteiger partial charge < -0.3 is 25.3 Å². The summed E-state index contributed by atoms with van der Waals surface area (Å²) in [4.78, 5) is 14.1. The van der Waals surface area contributed by atoms with Gasteiger partial charge in [-0.25, -0.2) is 0 Å². The molecule has 0 saturated carbocycles. The molecule has 1 aromatic rings. The molecule has 0 fully saturated rings. The van der Waals surface area contributed by atoms with Gasteiger partial charge in [0.1, 0.15) is 11.5 Å². The highest BCUT2D eigenvalue weighted by Gasteiger charge is 2.23. The first-order valence-corrected chi connectivity index (χ1v) is 6.44. The van der Waals surface area contributed by atoms with Crippen LogP contribution in [0.4, 0.5) is 0 Å². The number of methoxy groups -OCH3 is 2. The summed E-state index contributed by atoms with van der Waals surface area (Å²) in [6.45, 7) is 3.72. The van der Waals surface area contributed by atoms with Gasteiger partial charge >= 0.3 is 0 Å². The van der Waals surface area contributed by atoms with Crippen LogP contribution in [-0.2, 0) is 0 Å². The Hall–Kier alpha value is -2.44. The van der Waals surface area contributed by atoms with E-state index in [0.29, 0.717) is 17.1 Å². The first-order valence-electron chi connectivity index (χ1n) is 6.44. The molecule has 1 aromatic carbocycles. The fourth-order valence-electron chi connectivity index (χ4n) is 1.82. The lowest BCUT2D eigenvalue weighted by molar-refractivity contribution is 0.0730. The molecule has 7 heteroatoms. The molecule has 1 rings (SSSR count). The molecule has 7 nitrogen and oxygen atoms in total. The SMILES string of the molecule is COc1ccc(C(=O)N(CC(N)=NO)C(C)C)c(OC)c1. The molecular weight excluding hydrogens is 274 g/mol. The van der Waals surface area contributed by atoms with Crippen molar-refractivity contribution in [3.8, 4) is 11.5 Å². The van der Waals surface area contributed by atoms with Crippen LogP contribution < -0.4 is 15.2 Å². The van der Waals surface area contributed by atoms with Crippen LogP contribution in [-0.4, -0.2) is 48.7 Å². The van der Waals surface area contributed by atoms with Crippen LogP contribution >= 0.6 is 0 Å². The van der Waals surface area contributed by atoms with Crippen LogP contribution in [0.25, 0.3) is 0 Å². The van der Waals surface area contributed by atoms with Crippen LogP contribution in [0.5, 0.6) is 11.5 Å². The molecule has 0 bridgehead atoms. The van der Waals surface area contributed by atoms with Crippen LogP contribution in [0.1, 0.15) is 24.2 Å². The lowest BCUT2D eigenvalue weighted by Crippen LogP contribution is -2.43. The number of carbonyl (C=O) groups is 1. The first kappa shape index (κ1) is 16.6. The van der Waals surface area contributed by atoms with E-state index in [1.807, 2.05) is 13.8 Å². The van der Waals surface area contributed by atoms with E-state index >= 15 is 0 Å². The molecule has 0 unspecified atom stereocenters. The van der Waals surface area contributed by atoms with Gasteiger partial charge in [-0.3, -0.25) is 4.79 Å². The van der Waals surface area contributed by atoms with Crippen LogP contribution in [0, 0.1) is 0 Å². The molecule has 0 atom stereocenters. The standard InChI is InChI=1S/C14H21N3O4/c1-9(2)17(8-13(15)16-19)14(18)11-6-5-10(20-3)7-12(11)21-4/h5-7,9,19H,8H2,1-4H3,(H2,15,16). The molecule has 1 amide bonds. The fraction of sp³-hybridized carbons (Fsp3) is 0.429. The third-order valence-corrected chi connectivity index (χ3v) is 2.98. The lowest BCUT2D eigenvalue weighted by Gasteiger charge is -2.26. The van der Waals surface area contributed by atoms with Crippen molar-refractivity contribution in [2.24, 2.45) is 10.9 Å². The van der Waals surface area contributed by atoms with Crippen molar-refractivity contribution in [2.45, 2.75) is 19.9 Å². The first-order chi connectivity index (χ1) is 9.94. The summed E-state index contributed by atoms with van der Waals surface area (Å²) < 4.78 is 10.3. The maximum Gasteiger partial charge on any atom is 0.258 e. The van der Waals surface area contributed by atoms with Crippen molar-refractivity contribution < 1.29 is 19.5 Å². The zero-order chi connectivity index (χ0) is 16.0. The third kappa shape index (κ3) is 4.01. The monoisotopic (exact) mass is 295 g/mol. The minimum absolute atomic E-state index is 0.0299. The molecular formula is C14H21N3O4. The molecule has 21 heavy (non-hydrogen) atoms. The topological polar surface area (TPSA) is 97.4 Å². The van der Waals surface area contributed by atoms with Crippen molar-refractivity contribution in [2.75, 3.05) is 20.8 Å². The molecule has 0 aliphatic rings. The second-order valence-electron chi connectivity index (χ2n) is 4.68. The Labute approximate surface area is 123 Å². The van der Waals surface area contributed by atoms with Gasteiger partial charge in [-0.2, -0.15) is 0 Å². The molecule has 0 saturated heterocycles. The molecule has 0 aromatic heterocycles. The summed E-state index contributed by atoms with van der Waals surface area (Å²) in [6, 6.07) is 4.82. The number of nitrogens with two attached hydrogens (primary N) is 1. The highest BCUT2D eigenvalue weighted by Crippen LogP contribution is 2.26. The van der Waals surface area contributed by atoms with Gasteiger partial charge in [-0.05, 0) is 26.0 Å². The molecule has 0 radical (unpaired) electrons. The Balaban J connectivity index is 3.14. The molecule has 0 aliphatic heterocycles. The summed E-state index contributed by atoms with van der Waals surface area (Å²) in [5.74, 6) is 0.695. The van der Waals surface area contributed by atoms with Gasteiger partial charge in [0.05, 0.1) is 26.3 Å². The van der Waals surface area contributed by atoms with Crippen LogP contribution in [0.3, 0.4) is 0 Å². The second kappa shape index (κ2) is 7.37. The number of hydrogen-bond donors (Lipinski definition) is 2. The molecule has 0 aliphatic carbocycles. The largest absolute Gasteiger partial charge is 0.497 e. The summed E-state index contributed by atoms with van der Waals surface area (Å²) in [6.07, 6.45) is 0. The fourth-order valence-corrected chi connectivity index (χ4v) is 1.82. The lowest BCUT2D eigenvalue weighted by atomic mass is 10.1. The number of nitrogens with zero attached hydrogens (tertiary/aromatic N) is 2. The predicted octanol–water partition coefficient (Wildman–Crippen LogP) is 1.30. The van der Waals surface area contributed by atoms with Gasteiger partial charge in [0, 0.05) is 12.1 Å². The number of ether oxygens (including phenoxy) is 2. The van der Waals surface area contributed by atoms with E-state index < -0.39 is 0 Å². The Morgan fingerprint density at radius 2 is 2.05 bits per heavy atom. The Morgan fingerprint density at radius 1 is 1.38 bits per heavy atom. The Bertz CT molecular complexity index is 529. The van der Waals surface area contributed by atoms with Crippen molar-refractivity contribution in [1.29, 1.82) is 0 Å². The highest BCUT2D eigenvalue weighted by atomic mass is 16.5. The Kier molecular flexibility index (Phi) is 5.83. The van der Waals surface area contributed by atoms with Gasteiger partial charge in [0.2, 0.25) is 0 Å².